The molecule has 2 aromatic heterocycles. The Morgan fingerprint density at radius 1 is 1.03 bits per heavy atom. The van der Waals surface area contributed by atoms with E-state index in [1.54, 1.807) is 18.3 Å². The molecule has 1 N–H and O–H groups in total. The van der Waals surface area contributed by atoms with Crippen molar-refractivity contribution in [2.45, 2.75) is 40.0 Å². The van der Waals surface area contributed by atoms with Crippen molar-refractivity contribution >= 4 is 23.3 Å². The first-order valence-electron chi connectivity index (χ1n) is 12.1. The first-order chi connectivity index (χ1) is 17.2. The van der Waals surface area contributed by atoms with E-state index in [9.17, 15) is 9.90 Å². The number of hydrogen-bond acceptors (Lipinski definition) is 6. The van der Waals surface area contributed by atoms with E-state index >= 15 is 0 Å². The number of nitrogens with zero attached hydrogens (tertiary/aromatic N) is 3. The third-order valence-corrected chi connectivity index (χ3v) is 6.84. The maximum Gasteiger partial charge on any atom is 0.307 e. The standard InChI is InChI=1S/C28H32ClN3O4/c1-19-23(16-26(33)34)27(32-12-10-28(2,3)11-13-32)24(18-30-19)20-4-9-25(31-17-20)36-15-14-35-22-7-5-21(29)6-8-22/h4-9,17-18H,10-16H2,1-3H3,(H,33,34). The summed E-state index contributed by atoms with van der Waals surface area (Å²) in [4.78, 5) is 23.0. The van der Waals surface area contributed by atoms with E-state index in [-0.39, 0.29) is 11.8 Å². The molecule has 1 fully saturated rings. The van der Waals surface area contributed by atoms with E-state index in [2.05, 4.69) is 28.7 Å². The molecule has 1 aromatic carbocycles. The number of pyridine rings is 2. The minimum atomic E-state index is -0.863. The van der Waals surface area contributed by atoms with Crippen LogP contribution in [0, 0.1) is 12.3 Å². The van der Waals surface area contributed by atoms with Crippen LogP contribution >= 0.6 is 11.6 Å². The number of hydrogen-bond donors (Lipinski definition) is 1. The number of halogens is 1. The summed E-state index contributed by atoms with van der Waals surface area (Å²) in [5.74, 6) is 0.355. The molecule has 0 unspecified atom stereocenters. The van der Waals surface area contributed by atoms with Crippen molar-refractivity contribution in [3.63, 3.8) is 0 Å². The molecule has 8 heteroatoms. The van der Waals surface area contributed by atoms with E-state index in [1.165, 1.54) is 0 Å². The zero-order valence-electron chi connectivity index (χ0n) is 21.0. The molecule has 0 aliphatic carbocycles. The second-order valence-electron chi connectivity index (χ2n) is 9.84. The highest BCUT2D eigenvalue weighted by Crippen LogP contribution is 2.39. The lowest BCUT2D eigenvalue weighted by atomic mass is 9.82. The topological polar surface area (TPSA) is 84.8 Å². The summed E-state index contributed by atoms with van der Waals surface area (Å²) in [5.41, 5.74) is 4.50. The number of benzene rings is 1. The Morgan fingerprint density at radius 3 is 2.36 bits per heavy atom. The van der Waals surface area contributed by atoms with E-state index in [0.29, 0.717) is 24.1 Å². The summed E-state index contributed by atoms with van der Waals surface area (Å²) in [5, 5.41) is 10.3. The molecule has 0 spiro atoms. The Labute approximate surface area is 217 Å². The van der Waals surface area contributed by atoms with Gasteiger partial charge < -0.3 is 19.5 Å². The normalized spacial score (nSPS) is 14.9. The van der Waals surface area contributed by atoms with Crippen LogP contribution in [0.5, 0.6) is 11.6 Å². The molecule has 4 rings (SSSR count). The summed E-state index contributed by atoms with van der Waals surface area (Å²) in [6.07, 6.45) is 5.61. The Bertz CT molecular complexity index is 1190. The number of aryl methyl sites for hydroxylation is 1. The number of aliphatic carboxylic acids is 1. The molecule has 0 atom stereocenters. The van der Waals surface area contributed by atoms with Crippen molar-refractivity contribution in [3.05, 3.63) is 65.1 Å². The molecule has 3 heterocycles. The lowest BCUT2D eigenvalue weighted by molar-refractivity contribution is -0.136. The Morgan fingerprint density at radius 2 is 1.72 bits per heavy atom. The quantitative estimate of drug-likeness (QED) is 0.364. The SMILES string of the molecule is Cc1ncc(-c2ccc(OCCOc3ccc(Cl)cc3)nc2)c(N2CCC(C)(C)CC2)c1CC(=O)O. The predicted molar refractivity (Wildman–Crippen MR) is 141 cm³/mol. The predicted octanol–water partition coefficient (Wildman–Crippen LogP) is 5.82. The first kappa shape index (κ1) is 25.8. The van der Waals surface area contributed by atoms with Crippen LogP contribution in [0.25, 0.3) is 11.1 Å². The van der Waals surface area contributed by atoms with Crippen molar-refractivity contribution in [1.29, 1.82) is 0 Å². The van der Waals surface area contributed by atoms with Gasteiger partial charge in [-0.1, -0.05) is 25.4 Å². The molecule has 0 radical (unpaired) electrons. The Hall–Kier alpha value is -3.32. The van der Waals surface area contributed by atoms with Crippen molar-refractivity contribution in [2.75, 3.05) is 31.2 Å². The van der Waals surface area contributed by atoms with Gasteiger partial charge in [0.15, 0.2) is 0 Å². The summed E-state index contributed by atoms with van der Waals surface area (Å²) < 4.78 is 11.4. The van der Waals surface area contributed by atoms with Gasteiger partial charge in [-0.3, -0.25) is 9.78 Å². The van der Waals surface area contributed by atoms with Gasteiger partial charge in [-0.05, 0) is 55.5 Å². The first-order valence-corrected chi connectivity index (χ1v) is 12.5. The molecule has 1 saturated heterocycles. The summed E-state index contributed by atoms with van der Waals surface area (Å²) in [6, 6.07) is 10.9. The van der Waals surface area contributed by atoms with E-state index in [4.69, 9.17) is 21.1 Å². The van der Waals surface area contributed by atoms with Crippen molar-refractivity contribution < 1.29 is 19.4 Å². The number of ether oxygens (including phenoxy) is 2. The maximum atomic E-state index is 11.7. The van der Waals surface area contributed by atoms with E-state index in [0.717, 1.165) is 59.8 Å². The van der Waals surface area contributed by atoms with Gasteiger partial charge in [0.05, 0.1) is 12.1 Å². The molecule has 1 aliphatic rings. The Balaban J connectivity index is 1.50. The average molecular weight is 510 g/mol. The summed E-state index contributed by atoms with van der Waals surface area (Å²) in [6.45, 7) is 8.91. The number of carbonyl (C=O) groups is 1. The fourth-order valence-corrected chi connectivity index (χ4v) is 4.49. The zero-order valence-corrected chi connectivity index (χ0v) is 21.7. The highest BCUT2D eigenvalue weighted by Gasteiger charge is 2.29. The van der Waals surface area contributed by atoms with Gasteiger partial charge in [0, 0.05) is 59.0 Å². The van der Waals surface area contributed by atoms with Crippen LogP contribution in [-0.4, -0.2) is 47.3 Å². The molecular weight excluding hydrogens is 478 g/mol. The monoisotopic (exact) mass is 509 g/mol. The molecular formula is C28H32ClN3O4. The molecule has 0 bridgehead atoms. The van der Waals surface area contributed by atoms with E-state index in [1.807, 2.05) is 37.4 Å². The number of piperidine rings is 1. The molecule has 0 saturated carbocycles. The summed E-state index contributed by atoms with van der Waals surface area (Å²) >= 11 is 5.89. The van der Waals surface area contributed by atoms with Gasteiger partial charge in [-0.15, -0.1) is 0 Å². The zero-order chi connectivity index (χ0) is 25.7. The molecule has 7 nitrogen and oxygen atoms in total. The van der Waals surface area contributed by atoms with Crippen LogP contribution in [0.3, 0.4) is 0 Å². The van der Waals surface area contributed by atoms with Crippen LogP contribution in [0.4, 0.5) is 5.69 Å². The van der Waals surface area contributed by atoms with Crippen molar-refractivity contribution in [2.24, 2.45) is 5.41 Å². The van der Waals surface area contributed by atoms with Gasteiger partial charge in [-0.25, -0.2) is 4.98 Å². The second-order valence-corrected chi connectivity index (χ2v) is 10.3. The largest absolute Gasteiger partial charge is 0.490 e. The third kappa shape index (κ3) is 6.46. The fraction of sp³-hybridized carbons (Fsp3) is 0.393. The lowest BCUT2D eigenvalue weighted by Crippen LogP contribution is -2.38. The molecule has 0 amide bonds. The third-order valence-electron chi connectivity index (χ3n) is 6.59. The fourth-order valence-electron chi connectivity index (χ4n) is 4.37. The number of aromatic nitrogens is 2. The van der Waals surface area contributed by atoms with Crippen LogP contribution in [0.15, 0.2) is 48.8 Å². The van der Waals surface area contributed by atoms with Gasteiger partial charge >= 0.3 is 5.97 Å². The average Bonchev–Trinajstić information content (AvgIpc) is 2.85. The van der Waals surface area contributed by atoms with Crippen molar-refractivity contribution in [3.8, 4) is 22.8 Å². The lowest BCUT2D eigenvalue weighted by Gasteiger charge is -2.40. The van der Waals surface area contributed by atoms with Crippen LogP contribution in [0.1, 0.15) is 37.9 Å². The Kier molecular flexibility index (Phi) is 7.99. The smallest absolute Gasteiger partial charge is 0.307 e. The summed E-state index contributed by atoms with van der Waals surface area (Å²) in [7, 11) is 0. The van der Waals surface area contributed by atoms with Crippen LogP contribution in [0.2, 0.25) is 5.02 Å². The minimum absolute atomic E-state index is 0.0653. The number of carboxylic acid groups (broad SMARTS) is 1. The molecule has 190 valence electrons. The maximum absolute atomic E-state index is 11.7. The number of anilines is 1. The van der Waals surface area contributed by atoms with Gasteiger partial charge in [-0.2, -0.15) is 0 Å². The molecule has 1 aliphatic heterocycles. The minimum Gasteiger partial charge on any atom is -0.490 e. The van der Waals surface area contributed by atoms with Gasteiger partial charge in [0.2, 0.25) is 5.88 Å². The number of carboxylic acids is 1. The van der Waals surface area contributed by atoms with E-state index < -0.39 is 5.97 Å². The van der Waals surface area contributed by atoms with Gasteiger partial charge in [0.1, 0.15) is 19.0 Å². The number of rotatable bonds is 9. The van der Waals surface area contributed by atoms with Crippen LogP contribution < -0.4 is 14.4 Å². The van der Waals surface area contributed by atoms with Crippen molar-refractivity contribution in [1.82, 2.24) is 9.97 Å². The van der Waals surface area contributed by atoms with Gasteiger partial charge in [0.25, 0.3) is 0 Å². The highest BCUT2D eigenvalue weighted by molar-refractivity contribution is 6.30. The van der Waals surface area contributed by atoms with Crippen LogP contribution in [-0.2, 0) is 11.2 Å². The molecule has 36 heavy (non-hydrogen) atoms. The second kappa shape index (κ2) is 11.2. The molecule has 3 aromatic rings. The highest BCUT2D eigenvalue weighted by atomic mass is 35.5.